The molecule has 8 aromatic rings. The molecule has 0 spiro atoms. The third-order valence-electron chi connectivity index (χ3n) is 11.8. The van der Waals surface area contributed by atoms with Crippen molar-refractivity contribution < 1.29 is 42.2 Å². The molecule has 3 heterocycles. The molecule has 0 unspecified atom stereocenters. The van der Waals surface area contributed by atoms with Crippen molar-refractivity contribution in [2.45, 2.75) is 81.1 Å². The normalized spacial score (nSPS) is 10.9. The zero-order valence-corrected chi connectivity index (χ0v) is 41.5. The Kier molecular flexibility index (Phi) is 15.9. The smallest absolute Gasteiger partial charge is 0.241 e. The number of unbranched alkanes of at least 4 members (excludes halogenated alkanes) is 1. The molecule has 0 saturated carbocycles. The SMILES string of the molecule is Cc1c(C)[n+](C)[c-]n1-c1[c-]cc(C#N)cc1.Cc1cc(C)c(-c2cc(CCCCc3cc(-c4c(C)cc(C)cc4C)cc(-c4[c-]cc(F)cc4F)n3)nc(-c3[c-]cc(F)cc3F)c2)c(C)c1.[Ir]. The Labute approximate surface area is 405 Å². The summed E-state index contributed by atoms with van der Waals surface area (Å²) in [5.41, 5.74) is 17.1. The Bertz CT molecular complexity index is 2940. The van der Waals surface area contributed by atoms with E-state index < -0.39 is 23.3 Å². The van der Waals surface area contributed by atoms with Crippen molar-refractivity contribution in [2.75, 3.05) is 0 Å². The van der Waals surface area contributed by atoms with Crippen molar-refractivity contribution in [2.24, 2.45) is 7.05 Å². The van der Waals surface area contributed by atoms with Crippen LogP contribution in [0.25, 0.3) is 50.5 Å². The quantitative estimate of drug-likeness (QED) is 0.0593. The summed E-state index contributed by atoms with van der Waals surface area (Å²) in [5.74, 6) is -2.81. The molecule has 5 nitrogen and oxygen atoms in total. The average Bonchev–Trinajstić information content (AvgIpc) is 3.51. The number of nitriles is 1. The number of imidazole rings is 1. The molecule has 5 aromatic carbocycles. The maximum atomic E-state index is 15.0. The molecule has 0 atom stereocenters. The van der Waals surface area contributed by atoms with Crippen LogP contribution in [0.5, 0.6) is 0 Å². The third-order valence-corrected chi connectivity index (χ3v) is 11.8. The summed E-state index contributed by atoms with van der Waals surface area (Å²) < 4.78 is 61.4. The minimum atomic E-state index is -0.714. The summed E-state index contributed by atoms with van der Waals surface area (Å²) in [5, 5.41) is 8.71. The Hall–Kier alpha value is -6.53. The standard InChI is InChI=1S/C44H38F4N2.C13H12N3.Ir/c1-25-15-27(3)43(28(4)16-25)31-19-35(49-41(21-31)37-13-11-33(45)23-39(37)47)9-7-8-10-36-20-32(44-29(5)17-26(2)18-30(44)6)22-42(50-36)38-14-12-34(46)24-40(38)48;1-10-11(2)16(9-15(10)3)13-6-4-12(8-14)5-7-13;/h11-12,15-24H,7-10H2,1-6H3;4-6H,1-3H3;/q-2;-1;. The zero-order chi connectivity index (χ0) is 47.4. The molecule has 0 aliphatic heterocycles. The van der Waals surface area contributed by atoms with Gasteiger partial charge in [-0.2, -0.15) is 24.3 Å². The van der Waals surface area contributed by atoms with Gasteiger partial charge in [-0.1, -0.05) is 82.0 Å². The summed E-state index contributed by atoms with van der Waals surface area (Å²) >= 11 is 0. The van der Waals surface area contributed by atoms with Gasteiger partial charge in [0.15, 0.2) is 0 Å². The minimum Gasteiger partial charge on any atom is -0.345 e. The molecule has 67 heavy (non-hydrogen) atoms. The number of aryl methyl sites for hydroxylation is 9. The van der Waals surface area contributed by atoms with Crippen LogP contribution in [0, 0.1) is 115 Å². The predicted octanol–water partition coefficient (Wildman–Crippen LogP) is 13.1. The number of pyridine rings is 2. The number of aromatic nitrogens is 4. The van der Waals surface area contributed by atoms with Crippen LogP contribution in [-0.2, 0) is 40.0 Å². The van der Waals surface area contributed by atoms with Crippen LogP contribution in [0.4, 0.5) is 17.6 Å². The predicted molar refractivity (Wildman–Crippen MR) is 252 cm³/mol. The molecule has 0 fully saturated rings. The Morgan fingerprint density at radius 2 is 1.04 bits per heavy atom. The summed E-state index contributed by atoms with van der Waals surface area (Å²) in [7, 11) is 1.96. The van der Waals surface area contributed by atoms with E-state index in [0.717, 1.165) is 121 Å². The third kappa shape index (κ3) is 11.5. The van der Waals surface area contributed by atoms with Crippen LogP contribution in [0.1, 0.15) is 74.6 Å². The van der Waals surface area contributed by atoms with E-state index in [1.165, 1.54) is 0 Å². The van der Waals surface area contributed by atoms with E-state index in [-0.39, 0.29) is 31.2 Å². The number of nitrogens with zero attached hydrogens (tertiary/aromatic N) is 5. The van der Waals surface area contributed by atoms with Gasteiger partial charge in [-0.25, -0.2) is 5.26 Å². The molecular weight excluding hydrogens is 1020 g/mol. The molecule has 8 rings (SSSR count). The van der Waals surface area contributed by atoms with Gasteiger partial charge in [-0.3, -0.25) is 17.6 Å². The fourth-order valence-electron chi connectivity index (χ4n) is 8.71. The summed E-state index contributed by atoms with van der Waals surface area (Å²) in [4.78, 5) is 9.61. The zero-order valence-electron chi connectivity index (χ0n) is 39.1. The maximum absolute atomic E-state index is 15.0. The van der Waals surface area contributed by atoms with E-state index in [9.17, 15) is 17.6 Å². The Morgan fingerprint density at radius 3 is 1.40 bits per heavy atom. The van der Waals surface area contributed by atoms with Crippen LogP contribution in [0.3, 0.4) is 0 Å². The van der Waals surface area contributed by atoms with Gasteiger partial charge in [-0.15, -0.1) is 24.3 Å². The van der Waals surface area contributed by atoms with E-state index in [1.807, 2.05) is 60.4 Å². The van der Waals surface area contributed by atoms with Gasteiger partial charge < -0.3 is 19.1 Å². The second-order valence-electron chi connectivity index (χ2n) is 17.0. The van der Waals surface area contributed by atoms with Crippen molar-refractivity contribution in [3.05, 3.63) is 201 Å². The molecule has 0 aliphatic carbocycles. The van der Waals surface area contributed by atoms with Gasteiger partial charge in [0.25, 0.3) is 0 Å². The topological polar surface area (TPSA) is 58.4 Å². The van der Waals surface area contributed by atoms with E-state index in [1.54, 1.807) is 12.1 Å². The van der Waals surface area contributed by atoms with Gasteiger partial charge >= 0.3 is 0 Å². The Morgan fingerprint density at radius 1 is 0.597 bits per heavy atom. The van der Waals surface area contributed by atoms with Gasteiger partial charge in [0.1, 0.15) is 0 Å². The van der Waals surface area contributed by atoms with Gasteiger partial charge in [0, 0.05) is 72.2 Å². The van der Waals surface area contributed by atoms with E-state index in [4.69, 9.17) is 15.2 Å². The van der Waals surface area contributed by atoms with Crippen molar-refractivity contribution in [1.82, 2.24) is 14.5 Å². The van der Waals surface area contributed by atoms with Crippen LogP contribution >= 0.6 is 0 Å². The summed E-state index contributed by atoms with van der Waals surface area (Å²) in [6.45, 7) is 16.4. The first-order valence-corrected chi connectivity index (χ1v) is 21.8. The molecule has 343 valence electrons. The van der Waals surface area contributed by atoms with Crippen molar-refractivity contribution >= 4 is 0 Å². The minimum absolute atomic E-state index is 0. The first-order chi connectivity index (χ1) is 31.5. The van der Waals surface area contributed by atoms with Gasteiger partial charge in [-0.05, 0) is 149 Å². The molecular formula is C57H50F4IrN5-3. The number of halogens is 4. The van der Waals surface area contributed by atoms with Crippen molar-refractivity contribution in [3.8, 4) is 56.5 Å². The van der Waals surface area contributed by atoms with Crippen LogP contribution in [0.15, 0.2) is 91.0 Å². The van der Waals surface area contributed by atoms with E-state index in [2.05, 4.69) is 96.4 Å². The molecule has 0 bridgehead atoms. The van der Waals surface area contributed by atoms with Crippen molar-refractivity contribution in [1.29, 1.82) is 5.26 Å². The largest absolute Gasteiger partial charge is 0.345 e. The fourth-order valence-corrected chi connectivity index (χ4v) is 8.71. The van der Waals surface area contributed by atoms with Gasteiger partial charge in [0.2, 0.25) is 6.33 Å². The van der Waals surface area contributed by atoms with E-state index >= 15 is 0 Å². The molecule has 0 N–H and O–H groups in total. The first-order valence-electron chi connectivity index (χ1n) is 21.8. The second kappa shape index (κ2) is 21.4. The van der Waals surface area contributed by atoms with Gasteiger partial charge in [0.05, 0.1) is 7.05 Å². The van der Waals surface area contributed by atoms with Crippen LogP contribution < -0.4 is 4.57 Å². The summed E-state index contributed by atoms with van der Waals surface area (Å²) in [6, 6.07) is 36.2. The van der Waals surface area contributed by atoms with Crippen LogP contribution in [0.2, 0.25) is 0 Å². The molecule has 3 aromatic heterocycles. The Balaban J connectivity index is 0.000000367. The first kappa shape index (κ1) is 49.9. The van der Waals surface area contributed by atoms with Crippen molar-refractivity contribution in [3.63, 3.8) is 0 Å². The summed E-state index contributed by atoms with van der Waals surface area (Å²) in [6.07, 6.45) is 5.90. The second-order valence-corrected chi connectivity index (χ2v) is 17.0. The molecule has 1 radical (unpaired) electrons. The molecule has 0 saturated heterocycles. The number of benzene rings is 5. The van der Waals surface area contributed by atoms with Crippen LogP contribution in [-0.4, -0.2) is 14.5 Å². The fraction of sp³-hybridized carbons (Fsp3) is 0.228. The number of rotatable bonds is 10. The molecule has 0 aliphatic rings. The maximum Gasteiger partial charge on any atom is 0.241 e. The molecule has 10 heteroatoms. The monoisotopic (exact) mass is 1070 g/mol. The number of hydrogen-bond acceptors (Lipinski definition) is 3. The van der Waals surface area contributed by atoms with E-state index in [0.29, 0.717) is 29.8 Å². The molecule has 0 amide bonds. The average molecular weight is 1070 g/mol. The number of hydrogen-bond donors (Lipinski definition) is 0.